The summed E-state index contributed by atoms with van der Waals surface area (Å²) in [5.74, 6) is 5.07. The van der Waals surface area contributed by atoms with Gasteiger partial charge in [0.05, 0.1) is 0 Å². The van der Waals surface area contributed by atoms with Crippen LogP contribution in [0.2, 0.25) is 0 Å². The van der Waals surface area contributed by atoms with E-state index in [1.165, 1.54) is 7.05 Å². The Kier molecular flexibility index (Phi) is 3.71. The Balaban J connectivity index is 3.38. The molecular formula is C6H12N2O. The first-order chi connectivity index (χ1) is 4.18. The fourth-order valence-electron chi connectivity index (χ4n) is 0.402. The van der Waals surface area contributed by atoms with E-state index in [1.54, 1.807) is 6.08 Å². The third-order valence-electron chi connectivity index (χ3n) is 0.956. The van der Waals surface area contributed by atoms with E-state index in [-0.39, 0.29) is 5.91 Å². The highest BCUT2D eigenvalue weighted by molar-refractivity contribution is 5.75. The first kappa shape index (κ1) is 8.17. The summed E-state index contributed by atoms with van der Waals surface area (Å²) in [6, 6.07) is 0. The van der Waals surface area contributed by atoms with E-state index in [9.17, 15) is 4.79 Å². The second-order valence-corrected chi connectivity index (χ2v) is 1.83. The van der Waals surface area contributed by atoms with Crippen LogP contribution in [0, 0.1) is 0 Å². The van der Waals surface area contributed by atoms with Gasteiger partial charge >= 0.3 is 0 Å². The molecule has 0 saturated carbocycles. The lowest BCUT2D eigenvalue weighted by atomic mass is 10.3. The number of hydrogen-bond donors (Lipinski definition) is 1. The summed E-state index contributed by atoms with van der Waals surface area (Å²) < 4.78 is 0. The van der Waals surface area contributed by atoms with E-state index in [4.69, 9.17) is 5.84 Å². The summed E-state index contributed by atoms with van der Waals surface area (Å²) in [7, 11) is 1.53. The van der Waals surface area contributed by atoms with Crippen molar-refractivity contribution in [2.75, 3.05) is 7.05 Å². The molecule has 0 atom stereocenters. The molecule has 0 aliphatic heterocycles. The summed E-state index contributed by atoms with van der Waals surface area (Å²) in [4.78, 5) is 10.7. The maximum absolute atomic E-state index is 10.7. The van der Waals surface area contributed by atoms with Crippen molar-refractivity contribution in [1.29, 1.82) is 0 Å². The molecule has 0 aliphatic rings. The van der Waals surface area contributed by atoms with Gasteiger partial charge in [0.15, 0.2) is 0 Å². The minimum absolute atomic E-state index is 0.0603. The average Bonchev–Trinajstić information content (AvgIpc) is 1.82. The second kappa shape index (κ2) is 4.09. The molecule has 0 radical (unpaired) electrons. The van der Waals surface area contributed by atoms with Crippen LogP contribution in [0.25, 0.3) is 0 Å². The molecule has 9 heavy (non-hydrogen) atoms. The summed E-state index contributed by atoms with van der Waals surface area (Å²) in [6.45, 7) is 3.48. The molecular weight excluding hydrogens is 116 g/mol. The van der Waals surface area contributed by atoms with Gasteiger partial charge in [0, 0.05) is 13.5 Å². The van der Waals surface area contributed by atoms with E-state index >= 15 is 0 Å². The fourth-order valence-corrected chi connectivity index (χ4v) is 0.402. The number of carbonyl (C=O) groups is 1. The Labute approximate surface area is 55.1 Å². The SMILES string of the molecule is C=CCCC(=O)N(C)N. The van der Waals surface area contributed by atoms with Crippen molar-refractivity contribution >= 4 is 5.91 Å². The van der Waals surface area contributed by atoms with Gasteiger partial charge in [-0.3, -0.25) is 9.80 Å². The highest BCUT2D eigenvalue weighted by Gasteiger charge is 2.00. The monoisotopic (exact) mass is 128 g/mol. The quantitative estimate of drug-likeness (QED) is 0.257. The third-order valence-corrected chi connectivity index (χ3v) is 0.956. The number of allylic oxidation sites excluding steroid dienone is 1. The van der Waals surface area contributed by atoms with Gasteiger partial charge in [-0.2, -0.15) is 0 Å². The van der Waals surface area contributed by atoms with Crippen molar-refractivity contribution in [3.8, 4) is 0 Å². The first-order valence-corrected chi connectivity index (χ1v) is 2.80. The molecule has 0 fully saturated rings. The van der Waals surface area contributed by atoms with Gasteiger partial charge in [0.1, 0.15) is 0 Å². The zero-order valence-corrected chi connectivity index (χ0v) is 5.63. The molecule has 0 spiro atoms. The van der Waals surface area contributed by atoms with Crippen molar-refractivity contribution in [3.05, 3.63) is 12.7 Å². The number of hydrazine groups is 1. The summed E-state index contributed by atoms with van der Waals surface area (Å²) >= 11 is 0. The third kappa shape index (κ3) is 3.73. The van der Waals surface area contributed by atoms with Crippen LogP contribution in [0.5, 0.6) is 0 Å². The Morgan fingerprint density at radius 1 is 1.89 bits per heavy atom. The van der Waals surface area contributed by atoms with Crippen LogP contribution in [0.4, 0.5) is 0 Å². The number of nitrogens with zero attached hydrogens (tertiary/aromatic N) is 1. The minimum Gasteiger partial charge on any atom is -0.284 e. The number of amides is 1. The molecule has 0 bridgehead atoms. The zero-order valence-electron chi connectivity index (χ0n) is 5.63. The van der Waals surface area contributed by atoms with Crippen LogP contribution in [0.3, 0.4) is 0 Å². The fraction of sp³-hybridized carbons (Fsp3) is 0.500. The molecule has 2 N–H and O–H groups in total. The molecule has 0 saturated heterocycles. The van der Waals surface area contributed by atoms with Crippen molar-refractivity contribution < 1.29 is 4.79 Å². The molecule has 0 rings (SSSR count). The molecule has 0 unspecified atom stereocenters. The molecule has 0 aromatic heterocycles. The van der Waals surface area contributed by atoms with Crippen LogP contribution >= 0.6 is 0 Å². The highest BCUT2D eigenvalue weighted by Crippen LogP contribution is 1.90. The number of hydrogen-bond acceptors (Lipinski definition) is 2. The van der Waals surface area contributed by atoms with E-state index in [0.717, 1.165) is 5.01 Å². The van der Waals surface area contributed by atoms with Gasteiger partial charge < -0.3 is 0 Å². The Morgan fingerprint density at radius 3 is 2.78 bits per heavy atom. The van der Waals surface area contributed by atoms with Crippen LogP contribution in [0.15, 0.2) is 12.7 Å². The molecule has 0 aliphatic carbocycles. The predicted octanol–water partition coefficient (Wildman–Crippen LogP) is 0.285. The van der Waals surface area contributed by atoms with E-state index in [1.807, 2.05) is 0 Å². The van der Waals surface area contributed by atoms with Crippen LogP contribution in [-0.2, 0) is 4.79 Å². The van der Waals surface area contributed by atoms with Gasteiger partial charge in [-0.15, -0.1) is 6.58 Å². The molecule has 3 nitrogen and oxygen atoms in total. The molecule has 52 valence electrons. The summed E-state index contributed by atoms with van der Waals surface area (Å²) in [5.41, 5.74) is 0. The largest absolute Gasteiger partial charge is 0.284 e. The van der Waals surface area contributed by atoms with Crippen molar-refractivity contribution in [2.45, 2.75) is 12.8 Å². The Bertz CT molecular complexity index is 110. The summed E-state index contributed by atoms with van der Waals surface area (Å²) in [5, 5.41) is 1.09. The van der Waals surface area contributed by atoms with Crippen molar-refractivity contribution in [3.63, 3.8) is 0 Å². The van der Waals surface area contributed by atoms with E-state index in [0.29, 0.717) is 12.8 Å². The normalized spacial score (nSPS) is 8.67. The summed E-state index contributed by atoms with van der Waals surface area (Å²) in [6.07, 6.45) is 2.85. The van der Waals surface area contributed by atoms with Crippen LogP contribution < -0.4 is 5.84 Å². The average molecular weight is 128 g/mol. The minimum atomic E-state index is -0.0603. The zero-order chi connectivity index (χ0) is 7.28. The smallest absolute Gasteiger partial charge is 0.236 e. The van der Waals surface area contributed by atoms with E-state index in [2.05, 4.69) is 6.58 Å². The van der Waals surface area contributed by atoms with Crippen molar-refractivity contribution in [1.82, 2.24) is 5.01 Å². The first-order valence-electron chi connectivity index (χ1n) is 2.80. The van der Waals surface area contributed by atoms with Crippen LogP contribution in [0.1, 0.15) is 12.8 Å². The standard InChI is InChI=1S/C6H12N2O/c1-3-4-5-6(9)8(2)7/h3H,1,4-5,7H2,2H3. The topological polar surface area (TPSA) is 46.3 Å². The van der Waals surface area contributed by atoms with Gasteiger partial charge in [-0.05, 0) is 6.42 Å². The van der Waals surface area contributed by atoms with E-state index < -0.39 is 0 Å². The van der Waals surface area contributed by atoms with Gasteiger partial charge in [0.2, 0.25) is 5.91 Å². The van der Waals surface area contributed by atoms with Gasteiger partial charge in [-0.25, -0.2) is 5.84 Å². The molecule has 3 heteroatoms. The van der Waals surface area contributed by atoms with Crippen LogP contribution in [-0.4, -0.2) is 18.0 Å². The lowest BCUT2D eigenvalue weighted by molar-refractivity contribution is -0.130. The number of nitrogens with two attached hydrogens (primary N) is 1. The van der Waals surface area contributed by atoms with Gasteiger partial charge in [-0.1, -0.05) is 6.08 Å². The molecule has 1 amide bonds. The lowest BCUT2D eigenvalue weighted by Gasteiger charge is -2.07. The maximum atomic E-state index is 10.7. The second-order valence-electron chi connectivity index (χ2n) is 1.83. The molecule has 0 heterocycles. The highest BCUT2D eigenvalue weighted by atomic mass is 16.2. The maximum Gasteiger partial charge on any atom is 0.236 e. The Hall–Kier alpha value is -0.830. The van der Waals surface area contributed by atoms with Crippen molar-refractivity contribution in [2.24, 2.45) is 5.84 Å². The number of carbonyl (C=O) groups excluding carboxylic acids is 1. The molecule has 0 aromatic rings. The molecule has 0 aromatic carbocycles. The number of rotatable bonds is 3. The van der Waals surface area contributed by atoms with Gasteiger partial charge in [0.25, 0.3) is 0 Å². The predicted molar refractivity (Wildman–Crippen MR) is 36.4 cm³/mol. The lowest BCUT2D eigenvalue weighted by Crippen LogP contribution is -2.32. The Morgan fingerprint density at radius 2 is 2.44 bits per heavy atom.